The molecule has 0 radical (unpaired) electrons. The first kappa shape index (κ1) is 15.7. The summed E-state index contributed by atoms with van der Waals surface area (Å²) in [4.78, 5) is 0. The number of nitrogens with one attached hydrogen (secondary N) is 2. The summed E-state index contributed by atoms with van der Waals surface area (Å²) in [5.41, 5.74) is 1.85. The number of hydrogen-bond acceptors (Lipinski definition) is 2. The van der Waals surface area contributed by atoms with Gasteiger partial charge in [0.25, 0.3) is 10.2 Å². The van der Waals surface area contributed by atoms with Gasteiger partial charge >= 0.3 is 0 Å². The van der Waals surface area contributed by atoms with Crippen LogP contribution in [0.2, 0.25) is 0 Å². The molecule has 2 aromatic carbocycles. The molecule has 4 nitrogen and oxygen atoms in total. The molecule has 0 aliphatic rings. The Kier molecular flexibility index (Phi) is 5.12. The van der Waals surface area contributed by atoms with Crippen molar-refractivity contribution in [1.82, 2.24) is 9.44 Å². The van der Waals surface area contributed by atoms with E-state index in [1.54, 1.807) is 0 Å². The normalized spacial score (nSPS) is 14.6. The molecule has 2 atom stereocenters. The van der Waals surface area contributed by atoms with Crippen molar-refractivity contribution < 1.29 is 8.42 Å². The van der Waals surface area contributed by atoms with Gasteiger partial charge < -0.3 is 0 Å². The van der Waals surface area contributed by atoms with Crippen molar-refractivity contribution in [2.24, 2.45) is 0 Å². The summed E-state index contributed by atoms with van der Waals surface area (Å²) < 4.78 is 29.6. The molecule has 112 valence electrons. The fraction of sp³-hybridized carbons (Fsp3) is 0.250. The van der Waals surface area contributed by atoms with Gasteiger partial charge in [0.15, 0.2) is 0 Å². The van der Waals surface area contributed by atoms with Crippen LogP contribution in [0.3, 0.4) is 0 Å². The molecule has 0 aliphatic heterocycles. The molecular weight excluding hydrogens is 284 g/mol. The maximum atomic E-state index is 12.2. The minimum Gasteiger partial charge on any atom is -0.195 e. The monoisotopic (exact) mass is 304 g/mol. The van der Waals surface area contributed by atoms with Crippen LogP contribution in [0.25, 0.3) is 0 Å². The first-order chi connectivity index (χ1) is 9.98. The lowest BCUT2D eigenvalue weighted by atomic mass is 10.1. The molecule has 5 heteroatoms. The molecule has 2 aromatic rings. The van der Waals surface area contributed by atoms with E-state index < -0.39 is 10.2 Å². The summed E-state index contributed by atoms with van der Waals surface area (Å²) in [5, 5.41) is 0. The smallest absolute Gasteiger partial charge is 0.195 e. The predicted molar refractivity (Wildman–Crippen MR) is 84.9 cm³/mol. The molecule has 2 rings (SSSR count). The van der Waals surface area contributed by atoms with Gasteiger partial charge in [-0.2, -0.15) is 17.9 Å². The molecule has 0 saturated carbocycles. The van der Waals surface area contributed by atoms with E-state index in [-0.39, 0.29) is 12.1 Å². The predicted octanol–water partition coefficient (Wildman–Crippen LogP) is 2.93. The molecule has 0 spiro atoms. The summed E-state index contributed by atoms with van der Waals surface area (Å²) in [7, 11) is -3.58. The van der Waals surface area contributed by atoms with Gasteiger partial charge in [0.1, 0.15) is 0 Å². The highest BCUT2D eigenvalue weighted by Crippen LogP contribution is 2.15. The van der Waals surface area contributed by atoms with Crippen molar-refractivity contribution in [2.45, 2.75) is 25.9 Å². The minimum absolute atomic E-state index is 0.285. The zero-order chi connectivity index (χ0) is 15.3. The quantitative estimate of drug-likeness (QED) is 0.862. The van der Waals surface area contributed by atoms with Crippen molar-refractivity contribution in [2.75, 3.05) is 0 Å². The van der Waals surface area contributed by atoms with Gasteiger partial charge in [-0.1, -0.05) is 60.7 Å². The Balaban J connectivity index is 2.02. The zero-order valence-corrected chi connectivity index (χ0v) is 13.0. The van der Waals surface area contributed by atoms with Crippen LogP contribution in [0.5, 0.6) is 0 Å². The van der Waals surface area contributed by atoms with Crippen molar-refractivity contribution >= 4 is 10.2 Å². The van der Waals surface area contributed by atoms with Crippen LogP contribution in [0.4, 0.5) is 0 Å². The second-order valence-corrected chi connectivity index (χ2v) is 6.48. The second kappa shape index (κ2) is 6.85. The van der Waals surface area contributed by atoms with E-state index in [1.165, 1.54) is 0 Å². The molecule has 0 aromatic heterocycles. The molecule has 0 bridgehead atoms. The Hall–Kier alpha value is -1.69. The van der Waals surface area contributed by atoms with Gasteiger partial charge in [-0.15, -0.1) is 0 Å². The fourth-order valence-corrected chi connectivity index (χ4v) is 3.39. The Morgan fingerprint density at radius 3 is 1.38 bits per heavy atom. The lowest BCUT2D eigenvalue weighted by Gasteiger charge is -2.18. The van der Waals surface area contributed by atoms with E-state index in [2.05, 4.69) is 9.44 Å². The summed E-state index contributed by atoms with van der Waals surface area (Å²) in [6, 6.07) is 18.4. The van der Waals surface area contributed by atoms with E-state index in [1.807, 2.05) is 74.5 Å². The highest BCUT2D eigenvalue weighted by Gasteiger charge is 2.18. The Morgan fingerprint density at radius 2 is 1.05 bits per heavy atom. The standard InChI is InChI=1S/C16H20N2O2S/c1-13(15-9-5-3-6-10-15)17-21(19,20)18-14(2)16-11-7-4-8-12-16/h3-14,17-18H,1-2H3/t13-,14?/m1/s1. The van der Waals surface area contributed by atoms with Crippen LogP contribution in [0.15, 0.2) is 60.7 Å². The minimum atomic E-state index is -3.58. The van der Waals surface area contributed by atoms with Gasteiger partial charge in [-0.3, -0.25) is 0 Å². The number of rotatable bonds is 6. The maximum Gasteiger partial charge on any atom is 0.278 e. The van der Waals surface area contributed by atoms with Gasteiger partial charge in [-0.25, -0.2) is 0 Å². The molecule has 2 N–H and O–H groups in total. The average molecular weight is 304 g/mol. The number of benzene rings is 2. The van der Waals surface area contributed by atoms with Crippen LogP contribution in [-0.2, 0) is 10.2 Å². The van der Waals surface area contributed by atoms with E-state index in [0.717, 1.165) is 11.1 Å². The highest BCUT2D eigenvalue weighted by atomic mass is 32.2. The van der Waals surface area contributed by atoms with Crippen molar-refractivity contribution in [3.8, 4) is 0 Å². The van der Waals surface area contributed by atoms with E-state index in [9.17, 15) is 8.42 Å². The Morgan fingerprint density at radius 1 is 0.714 bits per heavy atom. The third-order valence-electron chi connectivity index (χ3n) is 3.26. The molecule has 0 fully saturated rings. The van der Waals surface area contributed by atoms with Gasteiger partial charge in [-0.05, 0) is 25.0 Å². The summed E-state index contributed by atoms with van der Waals surface area (Å²) in [5.74, 6) is 0. The molecule has 0 aliphatic carbocycles. The third kappa shape index (κ3) is 4.67. The van der Waals surface area contributed by atoms with Crippen molar-refractivity contribution in [1.29, 1.82) is 0 Å². The van der Waals surface area contributed by atoms with E-state index in [0.29, 0.717) is 0 Å². The topological polar surface area (TPSA) is 58.2 Å². The molecule has 0 saturated heterocycles. The number of hydrogen-bond donors (Lipinski definition) is 2. The lowest BCUT2D eigenvalue weighted by Crippen LogP contribution is -2.39. The van der Waals surface area contributed by atoms with Gasteiger partial charge in [0.2, 0.25) is 0 Å². The van der Waals surface area contributed by atoms with E-state index >= 15 is 0 Å². The van der Waals surface area contributed by atoms with Crippen LogP contribution in [-0.4, -0.2) is 8.42 Å². The van der Waals surface area contributed by atoms with Crippen molar-refractivity contribution in [3.05, 3.63) is 71.8 Å². The fourth-order valence-electron chi connectivity index (χ4n) is 2.12. The maximum absolute atomic E-state index is 12.2. The molecule has 1 unspecified atom stereocenters. The van der Waals surface area contributed by atoms with Crippen LogP contribution in [0.1, 0.15) is 37.1 Å². The van der Waals surface area contributed by atoms with Crippen LogP contribution >= 0.6 is 0 Å². The average Bonchev–Trinajstić information content (AvgIpc) is 2.48. The summed E-state index contributed by atoms with van der Waals surface area (Å²) >= 11 is 0. The summed E-state index contributed by atoms with van der Waals surface area (Å²) in [6.45, 7) is 3.64. The molecular formula is C16H20N2O2S. The molecule has 0 amide bonds. The first-order valence-electron chi connectivity index (χ1n) is 6.87. The van der Waals surface area contributed by atoms with Crippen LogP contribution < -0.4 is 9.44 Å². The van der Waals surface area contributed by atoms with Gasteiger partial charge in [0.05, 0.1) is 0 Å². The second-order valence-electron chi connectivity index (χ2n) is 5.00. The Labute approximate surface area is 126 Å². The highest BCUT2D eigenvalue weighted by molar-refractivity contribution is 7.87. The molecule has 0 heterocycles. The third-order valence-corrected chi connectivity index (χ3v) is 4.59. The van der Waals surface area contributed by atoms with E-state index in [4.69, 9.17) is 0 Å². The van der Waals surface area contributed by atoms with Gasteiger partial charge in [0, 0.05) is 12.1 Å². The first-order valence-corrected chi connectivity index (χ1v) is 8.36. The Bertz CT molecular complexity index is 604. The molecule has 21 heavy (non-hydrogen) atoms. The SMILES string of the molecule is CC(NS(=O)(=O)N[C@H](C)c1ccccc1)c1ccccc1. The zero-order valence-electron chi connectivity index (χ0n) is 12.2. The largest absolute Gasteiger partial charge is 0.278 e. The van der Waals surface area contributed by atoms with Crippen LogP contribution in [0, 0.1) is 0 Å². The summed E-state index contributed by atoms with van der Waals surface area (Å²) in [6.07, 6.45) is 0. The lowest BCUT2D eigenvalue weighted by molar-refractivity contribution is 0.539. The van der Waals surface area contributed by atoms with Crippen molar-refractivity contribution in [3.63, 3.8) is 0 Å².